The van der Waals surface area contributed by atoms with E-state index < -0.39 is 6.04 Å². The summed E-state index contributed by atoms with van der Waals surface area (Å²) in [5, 5.41) is 3.94. The Morgan fingerprint density at radius 1 is 1.16 bits per heavy atom. The van der Waals surface area contributed by atoms with Crippen molar-refractivity contribution < 1.29 is 9.59 Å². The Bertz CT molecular complexity index is 892. The van der Waals surface area contributed by atoms with Crippen molar-refractivity contribution in [3.63, 3.8) is 0 Å². The van der Waals surface area contributed by atoms with Gasteiger partial charge in [0.25, 0.3) is 0 Å². The number of nitrogens with one attached hydrogen (secondary N) is 1. The molecule has 0 aliphatic rings. The van der Waals surface area contributed by atoms with Crippen molar-refractivity contribution in [2.45, 2.75) is 52.0 Å². The van der Waals surface area contributed by atoms with Crippen LogP contribution in [-0.4, -0.2) is 35.1 Å². The van der Waals surface area contributed by atoms with Crippen LogP contribution >= 0.6 is 35.0 Å². The molecule has 0 aromatic heterocycles. The summed E-state index contributed by atoms with van der Waals surface area (Å²) in [5.41, 5.74) is 3.13. The fourth-order valence-electron chi connectivity index (χ4n) is 3.09. The molecular formula is C24H30Cl2N2O2S. The number of hydrogen-bond donors (Lipinski definition) is 1. The summed E-state index contributed by atoms with van der Waals surface area (Å²) in [4.78, 5) is 27.4. The zero-order chi connectivity index (χ0) is 22.8. The number of thioether (sulfide) groups is 1. The number of aryl methyl sites for hydroxylation is 1. The molecule has 0 radical (unpaired) electrons. The molecule has 1 N–H and O–H groups in total. The molecule has 168 valence electrons. The number of carbonyl (C=O) groups is 2. The quantitative estimate of drug-likeness (QED) is 0.409. The lowest BCUT2D eigenvalue weighted by Gasteiger charge is -2.29. The molecule has 31 heavy (non-hydrogen) atoms. The van der Waals surface area contributed by atoms with Gasteiger partial charge in [0.15, 0.2) is 0 Å². The van der Waals surface area contributed by atoms with Gasteiger partial charge >= 0.3 is 0 Å². The lowest BCUT2D eigenvalue weighted by Crippen LogP contribution is -2.48. The van der Waals surface area contributed by atoms with Crippen LogP contribution in [0.5, 0.6) is 0 Å². The van der Waals surface area contributed by atoms with E-state index in [1.54, 1.807) is 41.8 Å². The van der Waals surface area contributed by atoms with Gasteiger partial charge < -0.3 is 10.2 Å². The fourth-order valence-corrected chi connectivity index (χ4v) is 4.42. The molecule has 2 rings (SSSR count). The SMILES string of the molecule is CCCCNC(=O)[C@H](C)N(Cc1ccc(Cl)cc1Cl)C(=O)CSCc1cccc(C)c1. The highest BCUT2D eigenvalue weighted by Gasteiger charge is 2.26. The van der Waals surface area contributed by atoms with E-state index in [1.165, 1.54) is 11.1 Å². The molecule has 0 aliphatic carbocycles. The fraction of sp³-hybridized carbons (Fsp3) is 0.417. The van der Waals surface area contributed by atoms with Gasteiger partial charge in [0.2, 0.25) is 11.8 Å². The van der Waals surface area contributed by atoms with Gasteiger partial charge in [-0.25, -0.2) is 0 Å². The van der Waals surface area contributed by atoms with Crippen LogP contribution in [-0.2, 0) is 21.9 Å². The number of hydrogen-bond acceptors (Lipinski definition) is 3. The molecule has 1 atom stereocenters. The van der Waals surface area contributed by atoms with E-state index in [-0.39, 0.29) is 24.1 Å². The molecule has 0 saturated carbocycles. The minimum absolute atomic E-state index is 0.0955. The summed E-state index contributed by atoms with van der Waals surface area (Å²) < 4.78 is 0. The molecule has 4 nitrogen and oxygen atoms in total. The van der Waals surface area contributed by atoms with Crippen LogP contribution in [0.2, 0.25) is 10.0 Å². The lowest BCUT2D eigenvalue weighted by atomic mass is 10.1. The standard InChI is InChI=1S/C24H30Cl2N2O2S/c1-4-5-11-27-24(30)18(3)28(14-20-9-10-21(25)13-22(20)26)23(29)16-31-15-19-8-6-7-17(2)12-19/h6-10,12-13,18H,4-5,11,14-16H2,1-3H3,(H,27,30)/t18-/m0/s1. The summed E-state index contributed by atoms with van der Waals surface area (Å²) >= 11 is 13.9. The largest absolute Gasteiger partial charge is 0.354 e. The van der Waals surface area contributed by atoms with Crippen molar-refractivity contribution in [3.8, 4) is 0 Å². The number of halogens is 2. The summed E-state index contributed by atoms with van der Waals surface area (Å²) in [5.74, 6) is 0.767. The van der Waals surface area contributed by atoms with E-state index in [1.807, 2.05) is 6.07 Å². The normalized spacial score (nSPS) is 11.8. The first-order valence-corrected chi connectivity index (χ1v) is 12.4. The molecule has 2 aromatic carbocycles. The van der Waals surface area contributed by atoms with Crippen LogP contribution in [0.1, 0.15) is 43.4 Å². The summed E-state index contributed by atoms with van der Waals surface area (Å²) in [6.07, 6.45) is 1.90. The van der Waals surface area contributed by atoms with Gasteiger partial charge in [-0.3, -0.25) is 9.59 Å². The van der Waals surface area contributed by atoms with Crippen LogP contribution in [0.25, 0.3) is 0 Å². The number of carbonyl (C=O) groups excluding carboxylic acids is 2. The van der Waals surface area contributed by atoms with Crippen molar-refractivity contribution in [1.82, 2.24) is 10.2 Å². The van der Waals surface area contributed by atoms with Gasteiger partial charge in [-0.2, -0.15) is 0 Å². The Hall–Kier alpha value is -1.69. The zero-order valence-corrected chi connectivity index (χ0v) is 20.6. The highest BCUT2D eigenvalue weighted by atomic mass is 35.5. The minimum Gasteiger partial charge on any atom is -0.354 e. The summed E-state index contributed by atoms with van der Waals surface area (Å²) in [6.45, 7) is 6.73. The van der Waals surface area contributed by atoms with Gasteiger partial charge in [-0.1, -0.05) is 72.4 Å². The third-order valence-corrected chi connectivity index (χ3v) is 6.50. The van der Waals surface area contributed by atoms with Gasteiger partial charge in [-0.05, 0) is 43.5 Å². The molecule has 0 bridgehead atoms. The van der Waals surface area contributed by atoms with Gasteiger partial charge in [-0.15, -0.1) is 11.8 Å². The van der Waals surface area contributed by atoms with Crippen LogP contribution in [0.4, 0.5) is 0 Å². The second kappa shape index (κ2) is 13.0. The first-order valence-electron chi connectivity index (χ1n) is 10.5. The Morgan fingerprint density at radius 2 is 1.94 bits per heavy atom. The van der Waals surface area contributed by atoms with E-state index in [2.05, 4.69) is 37.4 Å². The van der Waals surface area contributed by atoms with Crippen molar-refractivity contribution in [1.29, 1.82) is 0 Å². The average molecular weight is 481 g/mol. The van der Waals surface area contributed by atoms with Crippen LogP contribution < -0.4 is 5.32 Å². The first-order chi connectivity index (χ1) is 14.8. The number of benzene rings is 2. The number of rotatable bonds is 11. The molecule has 0 heterocycles. The second-order valence-electron chi connectivity index (χ2n) is 7.56. The molecule has 7 heteroatoms. The van der Waals surface area contributed by atoms with E-state index in [0.717, 1.165) is 24.2 Å². The average Bonchev–Trinajstić information content (AvgIpc) is 2.73. The molecule has 0 spiro atoms. The Labute approximate surface area is 199 Å². The molecule has 2 amide bonds. The zero-order valence-electron chi connectivity index (χ0n) is 18.3. The third-order valence-electron chi connectivity index (χ3n) is 4.93. The number of amides is 2. The maximum atomic E-state index is 13.1. The monoisotopic (exact) mass is 480 g/mol. The van der Waals surface area contributed by atoms with Crippen molar-refractivity contribution in [3.05, 3.63) is 69.2 Å². The van der Waals surface area contributed by atoms with Crippen LogP contribution in [0.15, 0.2) is 42.5 Å². The third kappa shape index (κ3) is 8.40. The van der Waals surface area contributed by atoms with E-state index in [0.29, 0.717) is 16.6 Å². The maximum absolute atomic E-state index is 13.1. The molecular weight excluding hydrogens is 451 g/mol. The maximum Gasteiger partial charge on any atom is 0.242 e. The van der Waals surface area contributed by atoms with E-state index in [4.69, 9.17) is 23.2 Å². The highest BCUT2D eigenvalue weighted by Crippen LogP contribution is 2.24. The van der Waals surface area contributed by atoms with Gasteiger partial charge in [0.1, 0.15) is 6.04 Å². The van der Waals surface area contributed by atoms with Crippen molar-refractivity contribution >= 4 is 46.8 Å². The summed E-state index contributed by atoms with van der Waals surface area (Å²) in [7, 11) is 0. The predicted molar refractivity (Wildman–Crippen MR) is 132 cm³/mol. The van der Waals surface area contributed by atoms with E-state index in [9.17, 15) is 9.59 Å². The van der Waals surface area contributed by atoms with Gasteiger partial charge in [0, 0.05) is 28.9 Å². The van der Waals surface area contributed by atoms with Crippen LogP contribution in [0, 0.1) is 6.92 Å². The van der Waals surface area contributed by atoms with Gasteiger partial charge in [0.05, 0.1) is 5.75 Å². The number of unbranched alkanes of at least 4 members (excludes halogenated alkanes) is 1. The highest BCUT2D eigenvalue weighted by molar-refractivity contribution is 7.99. The molecule has 0 unspecified atom stereocenters. The first kappa shape index (κ1) is 25.6. The topological polar surface area (TPSA) is 49.4 Å². The summed E-state index contributed by atoms with van der Waals surface area (Å²) in [6, 6.07) is 12.8. The lowest BCUT2D eigenvalue weighted by molar-refractivity contribution is -0.138. The van der Waals surface area contributed by atoms with Crippen molar-refractivity contribution in [2.24, 2.45) is 0 Å². The molecule has 2 aromatic rings. The molecule has 0 aliphatic heterocycles. The number of nitrogens with zero attached hydrogens (tertiary/aromatic N) is 1. The Kier molecular flexibility index (Phi) is 10.7. The van der Waals surface area contributed by atoms with E-state index >= 15 is 0 Å². The molecule has 0 fully saturated rings. The minimum atomic E-state index is -0.601. The van der Waals surface area contributed by atoms with Crippen molar-refractivity contribution in [2.75, 3.05) is 12.3 Å². The predicted octanol–water partition coefficient (Wildman–Crippen LogP) is 5.87. The van der Waals surface area contributed by atoms with Crippen LogP contribution in [0.3, 0.4) is 0 Å². The Balaban J connectivity index is 2.09. The smallest absolute Gasteiger partial charge is 0.242 e. The second-order valence-corrected chi connectivity index (χ2v) is 9.39. The Morgan fingerprint density at radius 3 is 2.61 bits per heavy atom. The molecule has 0 saturated heterocycles.